The van der Waals surface area contributed by atoms with Crippen molar-refractivity contribution in [2.45, 2.75) is 56.5 Å². The van der Waals surface area contributed by atoms with Gasteiger partial charge in [0.1, 0.15) is 24.0 Å². The van der Waals surface area contributed by atoms with Gasteiger partial charge in [0.05, 0.1) is 18.9 Å². The fourth-order valence-electron chi connectivity index (χ4n) is 3.25. The molecule has 0 spiro atoms. The Morgan fingerprint density at radius 3 is 2.62 bits per heavy atom. The molecule has 1 aromatic heterocycles. The molecule has 204 valence electrons. The first-order valence-corrected chi connectivity index (χ1v) is 13.9. The number of aromatic amines is 1. The number of alkyl halides is 2. The number of rotatable bonds is 10. The van der Waals surface area contributed by atoms with E-state index in [-0.39, 0.29) is 0 Å². The van der Waals surface area contributed by atoms with Crippen molar-refractivity contribution in [3.8, 4) is 5.75 Å². The molecule has 3 rings (SSSR count). The molecule has 1 aromatic carbocycles. The van der Waals surface area contributed by atoms with Gasteiger partial charge in [0.2, 0.25) is 5.82 Å². The monoisotopic (exact) mass is 583 g/mol. The van der Waals surface area contributed by atoms with Gasteiger partial charge in [0.25, 0.3) is 10.7 Å². The molecule has 0 unspecified atom stereocenters. The molecule has 37 heavy (non-hydrogen) atoms. The highest BCUT2D eigenvalue weighted by Crippen LogP contribution is 2.48. The lowest BCUT2D eigenvalue weighted by molar-refractivity contribution is -0.149. The molecule has 1 fully saturated rings. The van der Waals surface area contributed by atoms with Crippen LogP contribution in [-0.4, -0.2) is 56.7 Å². The number of hydrogen-bond acceptors (Lipinski definition) is 9. The van der Waals surface area contributed by atoms with Crippen molar-refractivity contribution < 1.29 is 37.2 Å². The Kier molecular flexibility index (Phi) is 9.27. The Hall–Kier alpha value is -2.19. The first-order valence-electron chi connectivity index (χ1n) is 10.9. The van der Waals surface area contributed by atoms with Crippen LogP contribution in [0.5, 0.6) is 5.75 Å². The topological polar surface area (TPSA) is 141 Å². The van der Waals surface area contributed by atoms with E-state index in [1.54, 1.807) is 49.2 Å². The minimum atomic E-state index is -3.58. The van der Waals surface area contributed by atoms with Gasteiger partial charge in [-0.15, -0.1) is 0 Å². The van der Waals surface area contributed by atoms with Gasteiger partial charge in [-0.1, -0.05) is 29.8 Å². The van der Waals surface area contributed by atoms with Crippen molar-refractivity contribution in [2.75, 3.05) is 6.61 Å². The summed E-state index contributed by atoms with van der Waals surface area (Å²) in [6.07, 6.45) is -5.62. The van der Waals surface area contributed by atoms with Gasteiger partial charge in [-0.05, 0) is 44.7 Å². The van der Waals surface area contributed by atoms with Crippen molar-refractivity contribution in [2.24, 2.45) is 0 Å². The molecule has 0 aliphatic carbocycles. The number of aliphatic hydroxyl groups is 1. The highest BCUT2D eigenvalue weighted by Gasteiger charge is 2.58. The predicted molar refractivity (Wildman–Crippen MR) is 132 cm³/mol. The minimum absolute atomic E-state index is 0.293. The third-order valence-corrected chi connectivity index (χ3v) is 7.90. The van der Waals surface area contributed by atoms with Crippen molar-refractivity contribution >= 4 is 36.0 Å². The molecule has 6 atom stereocenters. The van der Waals surface area contributed by atoms with Crippen LogP contribution in [0.1, 0.15) is 27.0 Å². The minimum Gasteiger partial charge on any atom is -0.462 e. The number of para-hydroxylation sites is 1. The van der Waals surface area contributed by atoms with Gasteiger partial charge >= 0.3 is 18.3 Å². The number of hydrogen-bond donors (Lipinski definition) is 3. The van der Waals surface area contributed by atoms with Gasteiger partial charge in [-0.3, -0.25) is 19.1 Å². The molecule has 1 aliphatic heterocycles. The van der Waals surface area contributed by atoms with Crippen molar-refractivity contribution in [1.82, 2.24) is 14.6 Å². The fraction of sp³-hybridized carbons (Fsp3) is 0.476. The second-order valence-corrected chi connectivity index (χ2v) is 12.0. The molecule has 0 amide bonds. The molecule has 11 nitrogen and oxygen atoms in total. The number of carbonyl (C=O) groups excluding carboxylic acids is 1. The van der Waals surface area contributed by atoms with E-state index < -0.39 is 72.0 Å². The van der Waals surface area contributed by atoms with Gasteiger partial charge in [-0.25, -0.2) is 14.3 Å². The summed E-state index contributed by atoms with van der Waals surface area (Å²) in [5, 5.41) is 10.1. The zero-order chi connectivity index (χ0) is 27.5. The van der Waals surface area contributed by atoms with Crippen molar-refractivity contribution in [1.29, 1.82) is 0 Å². The SMILES string of the molecule is CC(C)OC(=O)[C@@H](C)N[P@](=S)(OC[C@H]1O[C@@H](n2cc(F)c(=O)[nH]c2=O)[C@](F)(Cl)[C@@H]1O)Oc1ccccc1. The molecule has 2 heterocycles. The van der Waals surface area contributed by atoms with Gasteiger partial charge < -0.3 is 23.6 Å². The summed E-state index contributed by atoms with van der Waals surface area (Å²) in [5.41, 5.74) is -2.54. The van der Waals surface area contributed by atoms with Crippen molar-refractivity contribution in [3.63, 3.8) is 0 Å². The largest absolute Gasteiger partial charge is 0.462 e. The van der Waals surface area contributed by atoms with Gasteiger partial charge in [0, 0.05) is 0 Å². The normalized spacial score (nSPS) is 26.0. The quantitative estimate of drug-likeness (QED) is 0.216. The number of carbonyl (C=O) groups is 1. The Bertz CT molecular complexity index is 1280. The lowest BCUT2D eigenvalue weighted by Crippen LogP contribution is -2.42. The highest BCUT2D eigenvalue weighted by molar-refractivity contribution is 8.09. The zero-order valence-corrected chi connectivity index (χ0v) is 22.3. The molecule has 16 heteroatoms. The molecule has 0 saturated carbocycles. The number of H-pyrrole nitrogens is 1. The van der Waals surface area contributed by atoms with E-state index in [2.05, 4.69) is 5.09 Å². The summed E-state index contributed by atoms with van der Waals surface area (Å²) in [6.45, 7) is 0.619. The van der Waals surface area contributed by atoms with Crippen LogP contribution >= 0.6 is 18.2 Å². The van der Waals surface area contributed by atoms with Crippen LogP contribution in [0.3, 0.4) is 0 Å². The molecule has 2 aromatic rings. The number of aliphatic hydroxyl groups excluding tert-OH is 1. The van der Waals surface area contributed by atoms with Crippen LogP contribution in [0.15, 0.2) is 46.1 Å². The number of ether oxygens (including phenoxy) is 2. The maximum Gasteiger partial charge on any atom is 0.330 e. The summed E-state index contributed by atoms with van der Waals surface area (Å²) in [7, 11) is 0. The second kappa shape index (κ2) is 11.7. The lowest BCUT2D eigenvalue weighted by Gasteiger charge is -2.28. The van der Waals surface area contributed by atoms with Crippen LogP contribution < -0.4 is 20.9 Å². The maximum absolute atomic E-state index is 15.3. The fourth-order valence-corrected chi connectivity index (χ4v) is 5.96. The number of nitrogens with zero attached hydrogens (tertiary/aromatic N) is 1. The molecule has 1 saturated heterocycles. The number of benzene rings is 1. The summed E-state index contributed by atoms with van der Waals surface area (Å²) < 4.78 is 51.5. The molecule has 0 radical (unpaired) electrons. The van der Waals surface area contributed by atoms with Crippen LogP contribution in [-0.2, 0) is 30.6 Å². The van der Waals surface area contributed by atoms with Crippen LogP contribution in [0.2, 0.25) is 0 Å². The second-order valence-electron chi connectivity index (χ2n) is 8.32. The van der Waals surface area contributed by atoms with Gasteiger partial charge in [0.15, 0.2) is 6.23 Å². The average Bonchev–Trinajstić information content (AvgIpc) is 3.03. The summed E-state index contributed by atoms with van der Waals surface area (Å²) in [6, 6.07) is 7.28. The van der Waals surface area contributed by atoms with E-state index in [9.17, 15) is 23.9 Å². The molecule has 3 N–H and O–H groups in total. The van der Waals surface area contributed by atoms with E-state index in [0.717, 1.165) is 0 Å². The molecule has 1 aliphatic rings. The first kappa shape index (κ1) is 29.4. The summed E-state index contributed by atoms with van der Waals surface area (Å²) in [5.74, 6) is -1.74. The summed E-state index contributed by atoms with van der Waals surface area (Å²) in [4.78, 5) is 37.4. The van der Waals surface area contributed by atoms with Crippen LogP contribution in [0, 0.1) is 5.82 Å². The molecular formula is C21H25ClF2N3O8PS. The number of halogens is 3. The van der Waals surface area contributed by atoms with Gasteiger partial charge in [-0.2, -0.15) is 4.39 Å². The zero-order valence-electron chi connectivity index (χ0n) is 19.8. The first-order chi connectivity index (χ1) is 17.2. The van der Waals surface area contributed by atoms with E-state index in [1.165, 1.54) is 6.92 Å². The highest BCUT2D eigenvalue weighted by atomic mass is 35.5. The smallest absolute Gasteiger partial charge is 0.330 e. The molecule has 0 bridgehead atoms. The van der Waals surface area contributed by atoms with E-state index in [4.69, 9.17) is 41.9 Å². The standard InChI is InChI=1S/C21H25ClF2N3O8PS/c1-11(2)33-18(30)12(3)26-36(37,35-13-7-5-4-6-8-13)32-10-15-16(28)21(22,24)19(34-15)27-9-14(23)17(29)25-20(27)31/h4-9,11-12,15-16,19,28H,10H2,1-3H3,(H,26,37)(H,25,29,31)/t12-,15-,16-,19-,21+,36+/m1/s1. The Morgan fingerprint density at radius 1 is 1.35 bits per heavy atom. The third kappa shape index (κ3) is 7.02. The Labute approximate surface area is 219 Å². The Balaban J connectivity index is 1.82. The number of aromatic nitrogens is 2. The van der Waals surface area contributed by atoms with Crippen molar-refractivity contribution in [3.05, 3.63) is 63.2 Å². The van der Waals surface area contributed by atoms with E-state index >= 15 is 4.39 Å². The number of nitrogens with one attached hydrogen (secondary N) is 2. The third-order valence-electron chi connectivity index (χ3n) is 4.99. The van der Waals surface area contributed by atoms with E-state index in [1.807, 2.05) is 0 Å². The molecular weight excluding hydrogens is 559 g/mol. The van der Waals surface area contributed by atoms with Crippen LogP contribution in [0.25, 0.3) is 0 Å². The van der Waals surface area contributed by atoms with Crippen LogP contribution in [0.4, 0.5) is 8.78 Å². The average molecular weight is 584 g/mol. The predicted octanol–water partition coefficient (Wildman–Crippen LogP) is 2.09. The number of esters is 1. The summed E-state index contributed by atoms with van der Waals surface area (Å²) >= 11 is 11.4. The lowest BCUT2D eigenvalue weighted by atomic mass is 10.1. The maximum atomic E-state index is 15.3. The van der Waals surface area contributed by atoms with E-state index in [0.29, 0.717) is 16.5 Å². The Morgan fingerprint density at radius 2 is 2.00 bits per heavy atom.